The van der Waals surface area contributed by atoms with Crippen LogP contribution in [-0.2, 0) is 23.8 Å². The summed E-state index contributed by atoms with van der Waals surface area (Å²) in [7, 11) is 1.23. The fraction of sp³-hybridized carbons (Fsp3) is 0.375. The predicted octanol–water partition coefficient (Wildman–Crippen LogP) is 1.03. The number of carboxylic acids is 1. The Morgan fingerprint density at radius 2 is 1.96 bits per heavy atom. The Bertz CT molecular complexity index is 596. The van der Waals surface area contributed by atoms with Gasteiger partial charge in [0.2, 0.25) is 0 Å². The maximum absolute atomic E-state index is 11.3. The number of carboxylic acid groups (broad SMARTS) is 1. The topological polar surface area (TPSA) is 106 Å². The fourth-order valence-corrected chi connectivity index (χ4v) is 2.34. The van der Waals surface area contributed by atoms with E-state index in [0.717, 1.165) is 11.6 Å². The summed E-state index contributed by atoms with van der Waals surface area (Å²) in [6, 6.07) is 9.25. The smallest absolute Gasteiger partial charge is 0.331 e. The minimum Gasteiger partial charge on any atom is -0.498 e. The van der Waals surface area contributed by atoms with Crippen molar-refractivity contribution in [1.29, 1.82) is 0 Å². The Morgan fingerprint density at radius 1 is 1.30 bits per heavy atom. The van der Waals surface area contributed by atoms with Crippen LogP contribution >= 0.6 is 0 Å². The van der Waals surface area contributed by atoms with Crippen LogP contribution in [0.3, 0.4) is 0 Å². The van der Waals surface area contributed by atoms with E-state index in [-0.39, 0.29) is 11.9 Å². The molecule has 1 aliphatic rings. The molecule has 4 atom stereocenters. The molecule has 1 aromatic carbocycles. The third-order valence-corrected chi connectivity index (χ3v) is 3.38. The van der Waals surface area contributed by atoms with E-state index in [0.29, 0.717) is 0 Å². The number of hydrogen-bond acceptors (Lipinski definition) is 6. The highest BCUT2D eigenvalue weighted by Crippen LogP contribution is 2.43. The number of benzene rings is 1. The van der Waals surface area contributed by atoms with Crippen LogP contribution in [0, 0.1) is 0 Å². The van der Waals surface area contributed by atoms with Crippen molar-refractivity contribution >= 4 is 11.9 Å². The molecule has 1 aromatic rings. The molecule has 124 valence electrons. The van der Waals surface area contributed by atoms with Crippen LogP contribution in [0.4, 0.5) is 0 Å². The molecule has 1 fully saturated rings. The zero-order valence-corrected chi connectivity index (χ0v) is 12.7. The first-order valence-electron chi connectivity index (χ1n) is 6.98. The largest absolute Gasteiger partial charge is 0.498 e. The SMILES string of the molecule is COC(=CC(=O)O)C(O)C(OC(C)=O)C1OC1c1ccccc1. The molecule has 0 aliphatic carbocycles. The van der Waals surface area contributed by atoms with Crippen molar-refractivity contribution in [2.24, 2.45) is 0 Å². The van der Waals surface area contributed by atoms with Gasteiger partial charge in [-0.05, 0) is 5.56 Å². The van der Waals surface area contributed by atoms with Crippen LogP contribution in [0.5, 0.6) is 0 Å². The lowest BCUT2D eigenvalue weighted by molar-refractivity contribution is -0.153. The van der Waals surface area contributed by atoms with Crippen LogP contribution in [0.25, 0.3) is 0 Å². The molecule has 1 heterocycles. The van der Waals surface area contributed by atoms with Gasteiger partial charge in [-0.25, -0.2) is 4.79 Å². The van der Waals surface area contributed by atoms with Gasteiger partial charge in [-0.2, -0.15) is 0 Å². The second kappa shape index (κ2) is 7.26. The summed E-state index contributed by atoms with van der Waals surface area (Å²) in [6.07, 6.45) is -2.70. The second-order valence-electron chi connectivity index (χ2n) is 5.04. The Kier molecular flexibility index (Phi) is 5.36. The molecule has 0 spiro atoms. The van der Waals surface area contributed by atoms with Crippen molar-refractivity contribution in [2.75, 3.05) is 7.11 Å². The molecule has 2 N–H and O–H groups in total. The average molecular weight is 322 g/mol. The van der Waals surface area contributed by atoms with E-state index in [1.165, 1.54) is 14.0 Å². The first kappa shape index (κ1) is 17.0. The first-order chi connectivity index (χ1) is 10.9. The van der Waals surface area contributed by atoms with Crippen molar-refractivity contribution in [2.45, 2.75) is 31.3 Å². The number of aliphatic hydroxyl groups is 1. The lowest BCUT2D eigenvalue weighted by Gasteiger charge is -2.22. The number of methoxy groups -OCH3 is 1. The predicted molar refractivity (Wildman–Crippen MR) is 78.3 cm³/mol. The van der Waals surface area contributed by atoms with Crippen LogP contribution in [-0.4, -0.2) is 47.6 Å². The number of aliphatic hydroxyl groups excluding tert-OH is 1. The fourth-order valence-electron chi connectivity index (χ4n) is 2.34. The molecule has 0 amide bonds. The molecule has 23 heavy (non-hydrogen) atoms. The van der Waals surface area contributed by atoms with Crippen molar-refractivity contribution in [1.82, 2.24) is 0 Å². The van der Waals surface area contributed by atoms with Crippen molar-refractivity contribution < 1.29 is 34.0 Å². The number of esters is 1. The Labute approximate surface area is 133 Å². The molecular weight excluding hydrogens is 304 g/mol. The summed E-state index contributed by atoms with van der Waals surface area (Å²) in [5, 5.41) is 19.1. The van der Waals surface area contributed by atoms with Crippen LogP contribution in [0.15, 0.2) is 42.2 Å². The van der Waals surface area contributed by atoms with E-state index in [4.69, 9.17) is 19.3 Å². The van der Waals surface area contributed by atoms with Gasteiger partial charge in [0.15, 0.2) is 12.2 Å². The first-order valence-corrected chi connectivity index (χ1v) is 6.98. The molecular formula is C16H18O7. The second-order valence-corrected chi connectivity index (χ2v) is 5.04. The molecule has 0 aromatic heterocycles. The number of hydrogen-bond donors (Lipinski definition) is 2. The zero-order chi connectivity index (χ0) is 17.0. The number of epoxide rings is 1. The number of aliphatic carboxylic acids is 1. The summed E-state index contributed by atoms with van der Waals surface area (Å²) in [5.41, 5.74) is 0.878. The van der Waals surface area contributed by atoms with E-state index in [1.807, 2.05) is 30.3 Å². The number of rotatable bonds is 7. The highest BCUT2D eigenvalue weighted by atomic mass is 16.6. The lowest BCUT2D eigenvalue weighted by Crippen LogP contribution is -2.37. The van der Waals surface area contributed by atoms with E-state index in [1.54, 1.807) is 0 Å². The highest BCUT2D eigenvalue weighted by Gasteiger charge is 2.51. The van der Waals surface area contributed by atoms with Gasteiger partial charge in [-0.3, -0.25) is 4.79 Å². The van der Waals surface area contributed by atoms with Gasteiger partial charge in [0.1, 0.15) is 18.0 Å². The molecule has 1 saturated heterocycles. The van der Waals surface area contributed by atoms with Gasteiger partial charge in [-0.15, -0.1) is 0 Å². The average Bonchev–Trinajstić information content (AvgIpc) is 3.30. The summed E-state index contributed by atoms with van der Waals surface area (Å²) in [6.45, 7) is 1.20. The number of carbonyl (C=O) groups excluding carboxylic acids is 1. The van der Waals surface area contributed by atoms with Gasteiger partial charge in [-0.1, -0.05) is 30.3 Å². The summed E-state index contributed by atoms with van der Waals surface area (Å²) < 4.78 is 15.5. The van der Waals surface area contributed by atoms with Crippen LogP contribution in [0.2, 0.25) is 0 Å². The Morgan fingerprint density at radius 3 is 2.48 bits per heavy atom. The lowest BCUT2D eigenvalue weighted by atomic mass is 10.0. The van der Waals surface area contributed by atoms with Crippen LogP contribution in [0.1, 0.15) is 18.6 Å². The molecule has 1 aliphatic heterocycles. The Balaban J connectivity index is 2.18. The number of carbonyl (C=O) groups is 2. The summed E-state index contributed by atoms with van der Waals surface area (Å²) >= 11 is 0. The minimum absolute atomic E-state index is 0.217. The number of ether oxygens (including phenoxy) is 3. The van der Waals surface area contributed by atoms with Gasteiger partial charge in [0, 0.05) is 6.92 Å². The van der Waals surface area contributed by atoms with Crippen molar-refractivity contribution in [3.8, 4) is 0 Å². The third-order valence-electron chi connectivity index (χ3n) is 3.38. The van der Waals surface area contributed by atoms with Gasteiger partial charge < -0.3 is 24.4 Å². The Hall–Kier alpha value is -2.38. The zero-order valence-electron chi connectivity index (χ0n) is 12.7. The molecule has 7 heteroatoms. The van der Waals surface area contributed by atoms with Gasteiger partial charge in [0.25, 0.3) is 0 Å². The minimum atomic E-state index is -1.45. The molecule has 0 bridgehead atoms. The maximum Gasteiger partial charge on any atom is 0.331 e. The molecule has 0 radical (unpaired) electrons. The van der Waals surface area contributed by atoms with E-state index < -0.39 is 30.3 Å². The van der Waals surface area contributed by atoms with Crippen LogP contribution < -0.4 is 0 Å². The van der Waals surface area contributed by atoms with Gasteiger partial charge in [0.05, 0.1) is 13.2 Å². The van der Waals surface area contributed by atoms with E-state index >= 15 is 0 Å². The van der Waals surface area contributed by atoms with Crippen molar-refractivity contribution in [3.05, 3.63) is 47.7 Å². The molecule has 0 saturated carbocycles. The standard InChI is InChI=1S/C16H18O7/c1-9(17)22-15(13(20)11(21-2)8-12(18)19)16-14(23-16)10-6-4-3-5-7-10/h3-8,13-16,20H,1-2H3,(H,18,19). The summed E-state index contributed by atoms with van der Waals surface area (Å²) in [5.74, 6) is -2.10. The molecule has 4 unspecified atom stereocenters. The molecule has 2 rings (SSSR count). The normalized spacial score (nSPS) is 22.8. The maximum atomic E-state index is 11.3. The van der Waals surface area contributed by atoms with E-state index in [9.17, 15) is 14.7 Å². The third kappa shape index (κ3) is 4.30. The monoisotopic (exact) mass is 322 g/mol. The highest BCUT2D eigenvalue weighted by molar-refractivity contribution is 5.80. The van der Waals surface area contributed by atoms with Gasteiger partial charge >= 0.3 is 11.9 Å². The molecule has 7 nitrogen and oxygen atoms in total. The summed E-state index contributed by atoms with van der Waals surface area (Å²) in [4.78, 5) is 22.1. The van der Waals surface area contributed by atoms with E-state index in [2.05, 4.69) is 0 Å². The van der Waals surface area contributed by atoms with Crippen molar-refractivity contribution in [3.63, 3.8) is 0 Å². The quantitative estimate of drug-likeness (QED) is 0.334.